The maximum absolute atomic E-state index is 13.1. The fourth-order valence-electron chi connectivity index (χ4n) is 4.01. The Kier molecular flexibility index (Phi) is 4.85. The van der Waals surface area contributed by atoms with E-state index in [1.807, 2.05) is 40.1 Å². The van der Waals surface area contributed by atoms with Gasteiger partial charge in [-0.3, -0.25) is 4.79 Å². The maximum atomic E-state index is 13.1. The van der Waals surface area contributed by atoms with E-state index in [-0.39, 0.29) is 12.5 Å². The molecule has 2 aliphatic rings. The van der Waals surface area contributed by atoms with Crippen molar-refractivity contribution < 1.29 is 18.0 Å². The van der Waals surface area contributed by atoms with Crippen molar-refractivity contribution in [3.8, 4) is 0 Å². The number of piperidine rings is 2. The number of carbonyl (C=O) groups excluding carboxylic acids is 1. The molecular weight excluding hydrogens is 317 g/mol. The average molecular weight is 340 g/mol. The summed E-state index contributed by atoms with van der Waals surface area (Å²) in [6.07, 6.45) is -1.72. The zero-order valence-electron chi connectivity index (χ0n) is 13.7. The number of rotatable bonds is 3. The van der Waals surface area contributed by atoms with Gasteiger partial charge >= 0.3 is 6.18 Å². The van der Waals surface area contributed by atoms with Gasteiger partial charge in [0, 0.05) is 25.3 Å². The molecular formula is C18H23F3N2O. The number of benzene rings is 1. The second-order valence-corrected chi connectivity index (χ2v) is 6.92. The van der Waals surface area contributed by atoms with Crippen molar-refractivity contribution >= 4 is 11.6 Å². The minimum absolute atomic E-state index is 0.0101. The molecule has 1 aromatic carbocycles. The van der Waals surface area contributed by atoms with E-state index >= 15 is 0 Å². The number of hydrogen-bond acceptors (Lipinski definition) is 2. The molecule has 1 unspecified atom stereocenters. The largest absolute Gasteiger partial charge is 0.390 e. The zero-order chi connectivity index (χ0) is 17.2. The van der Waals surface area contributed by atoms with E-state index in [1.165, 1.54) is 0 Å². The van der Waals surface area contributed by atoms with Gasteiger partial charge in [0.05, 0.1) is 11.8 Å². The lowest BCUT2D eigenvalue weighted by atomic mass is 9.72. The monoisotopic (exact) mass is 340 g/mol. The standard InChI is InChI=1S/C18H23F3N2O/c19-18(20,21)10-13-22-11-4-8-17(14-22)9-5-12-23(16(17)24)15-6-2-1-3-7-15/h1-3,6-7H,4-5,8-14H2. The number of amides is 1. The summed E-state index contributed by atoms with van der Waals surface area (Å²) in [5.41, 5.74) is 0.367. The summed E-state index contributed by atoms with van der Waals surface area (Å²) in [6, 6.07) is 9.55. The molecule has 0 N–H and O–H groups in total. The molecule has 2 aliphatic heterocycles. The highest BCUT2D eigenvalue weighted by atomic mass is 19.4. The number of para-hydroxylation sites is 1. The van der Waals surface area contributed by atoms with Crippen molar-refractivity contribution in [1.29, 1.82) is 0 Å². The van der Waals surface area contributed by atoms with E-state index in [0.29, 0.717) is 19.6 Å². The number of anilines is 1. The van der Waals surface area contributed by atoms with E-state index in [0.717, 1.165) is 31.4 Å². The summed E-state index contributed by atoms with van der Waals surface area (Å²) in [7, 11) is 0. The van der Waals surface area contributed by atoms with Crippen molar-refractivity contribution in [2.45, 2.75) is 38.3 Å². The molecule has 0 bridgehead atoms. The number of hydrogen-bond donors (Lipinski definition) is 0. The molecule has 3 rings (SSSR count). The Hall–Kier alpha value is -1.56. The van der Waals surface area contributed by atoms with Gasteiger partial charge in [-0.05, 0) is 44.4 Å². The van der Waals surface area contributed by atoms with E-state index in [2.05, 4.69) is 0 Å². The lowest BCUT2D eigenvalue weighted by Crippen LogP contribution is -2.56. The molecule has 2 fully saturated rings. The molecule has 3 nitrogen and oxygen atoms in total. The molecule has 132 valence electrons. The molecule has 1 aromatic rings. The summed E-state index contributed by atoms with van der Waals surface area (Å²) in [5.74, 6) is 0.0802. The van der Waals surface area contributed by atoms with Crippen molar-refractivity contribution in [1.82, 2.24) is 4.90 Å². The third-order valence-electron chi connectivity index (χ3n) is 5.17. The van der Waals surface area contributed by atoms with Crippen molar-refractivity contribution in [2.24, 2.45) is 5.41 Å². The number of carbonyl (C=O) groups is 1. The highest BCUT2D eigenvalue weighted by molar-refractivity contribution is 5.98. The Morgan fingerprint density at radius 3 is 2.38 bits per heavy atom. The molecule has 0 aliphatic carbocycles. The highest BCUT2D eigenvalue weighted by Crippen LogP contribution is 2.41. The normalized spacial score (nSPS) is 26.1. The predicted molar refractivity (Wildman–Crippen MR) is 86.8 cm³/mol. The number of nitrogens with zero attached hydrogens (tertiary/aromatic N) is 2. The topological polar surface area (TPSA) is 23.6 Å². The maximum Gasteiger partial charge on any atom is 0.390 e. The Bertz CT molecular complexity index is 571. The fraction of sp³-hybridized carbons (Fsp3) is 0.611. The lowest BCUT2D eigenvalue weighted by Gasteiger charge is -2.47. The Labute approximate surface area is 140 Å². The van der Waals surface area contributed by atoms with Crippen LogP contribution in [-0.4, -0.2) is 43.2 Å². The smallest absolute Gasteiger partial charge is 0.312 e. The SMILES string of the molecule is O=C1N(c2ccccc2)CCCC12CCCN(CCC(F)(F)F)C2. The molecule has 0 aromatic heterocycles. The van der Waals surface area contributed by atoms with Crippen LogP contribution in [0.1, 0.15) is 32.1 Å². The van der Waals surface area contributed by atoms with Crippen LogP contribution in [0.2, 0.25) is 0 Å². The summed E-state index contributed by atoms with van der Waals surface area (Å²) in [4.78, 5) is 16.8. The molecule has 0 radical (unpaired) electrons. The minimum Gasteiger partial charge on any atom is -0.312 e. The van der Waals surface area contributed by atoms with Gasteiger partial charge in [0.2, 0.25) is 5.91 Å². The number of likely N-dealkylation sites (tertiary alicyclic amines) is 1. The Morgan fingerprint density at radius 2 is 1.71 bits per heavy atom. The quantitative estimate of drug-likeness (QED) is 0.834. The van der Waals surface area contributed by atoms with Crippen LogP contribution < -0.4 is 4.90 Å². The first-order valence-corrected chi connectivity index (χ1v) is 8.56. The number of alkyl halides is 3. The van der Waals surface area contributed by atoms with E-state index in [4.69, 9.17) is 0 Å². The van der Waals surface area contributed by atoms with Crippen LogP contribution in [0, 0.1) is 5.41 Å². The second kappa shape index (κ2) is 6.75. The van der Waals surface area contributed by atoms with Crippen LogP contribution in [0.3, 0.4) is 0 Å². The molecule has 1 amide bonds. The fourth-order valence-corrected chi connectivity index (χ4v) is 4.01. The van der Waals surface area contributed by atoms with Gasteiger partial charge in [-0.15, -0.1) is 0 Å². The zero-order valence-corrected chi connectivity index (χ0v) is 13.7. The van der Waals surface area contributed by atoms with Crippen LogP contribution in [0.25, 0.3) is 0 Å². The average Bonchev–Trinajstić information content (AvgIpc) is 2.56. The van der Waals surface area contributed by atoms with E-state index in [1.54, 1.807) is 0 Å². The van der Waals surface area contributed by atoms with Gasteiger partial charge < -0.3 is 9.80 Å². The Morgan fingerprint density at radius 1 is 1.04 bits per heavy atom. The van der Waals surface area contributed by atoms with Gasteiger partial charge in [0.25, 0.3) is 0 Å². The summed E-state index contributed by atoms with van der Waals surface area (Å²) < 4.78 is 37.5. The summed E-state index contributed by atoms with van der Waals surface area (Å²) in [6.45, 7) is 1.78. The van der Waals surface area contributed by atoms with Gasteiger partial charge in [-0.1, -0.05) is 18.2 Å². The van der Waals surface area contributed by atoms with Crippen molar-refractivity contribution in [3.63, 3.8) is 0 Å². The van der Waals surface area contributed by atoms with Gasteiger partial charge in [-0.2, -0.15) is 13.2 Å². The molecule has 2 heterocycles. The third kappa shape index (κ3) is 3.74. The summed E-state index contributed by atoms with van der Waals surface area (Å²) >= 11 is 0. The lowest BCUT2D eigenvalue weighted by molar-refractivity contribution is -0.143. The van der Waals surface area contributed by atoms with Crippen LogP contribution in [-0.2, 0) is 4.79 Å². The van der Waals surface area contributed by atoms with Crippen LogP contribution >= 0.6 is 0 Å². The highest BCUT2D eigenvalue weighted by Gasteiger charge is 2.47. The van der Waals surface area contributed by atoms with Crippen LogP contribution in [0.15, 0.2) is 30.3 Å². The number of halogens is 3. The third-order valence-corrected chi connectivity index (χ3v) is 5.17. The minimum atomic E-state index is -4.14. The summed E-state index contributed by atoms with van der Waals surface area (Å²) in [5, 5.41) is 0. The Balaban J connectivity index is 1.72. The molecule has 1 spiro atoms. The molecule has 0 saturated carbocycles. The molecule has 1 atom stereocenters. The predicted octanol–water partition coefficient (Wildman–Crippen LogP) is 3.85. The first-order valence-electron chi connectivity index (χ1n) is 8.56. The first kappa shape index (κ1) is 17.3. The van der Waals surface area contributed by atoms with Crippen molar-refractivity contribution in [2.75, 3.05) is 31.1 Å². The van der Waals surface area contributed by atoms with Crippen molar-refractivity contribution in [3.05, 3.63) is 30.3 Å². The molecule has 2 saturated heterocycles. The molecule has 24 heavy (non-hydrogen) atoms. The van der Waals surface area contributed by atoms with Crippen LogP contribution in [0.5, 0.6) is 0 Å². The van der Waals surface area contributed by atoms with E-state index < -0.39 is 18.0 Å². The van der Waals surface area contributed by atoms with Crippen LogP contribution in [0.4, 0.5) is 18.9 Å². The second-order valence-electron chi connectivity index (χ2n) is 6.92. The van der Waals surface area contributed by atoms with Gasteiger partial charge in [0.1, 0.15) is 0 Å². The van der Waals surface area contributed by atoms with E-state index in [9.17, 15) is 18.0 Å². The van der Waals surface area contributed by atoms with Gasteiger partial charge in [-0.25, -0.2) is 0 Å². The van der Waals surface area contributed by atoms with Gasteiger partial charge in [0.15, 0.2) is 0 Å². The molecule has 6 heteroatoms. The first-order chi connectivity index (χ1) is 11.4.